The van der Waals surface area contributed by atoms with Gasteiger partial charge in [-0.05, 0) is 26.0 Å². The van der Waals surface area contributed by atoms with E-state index < -0.39 is 0 Å². The Hall–Kier alpha value is -1.71. The SMILES string of the molecule is CCN(CC1(C)COC(N)=N1)c1ccccc1. The van der Waals surface area contributed by atoms with Crippen molar-refractivity contribution in [3.05, 3.63) is 30.3 Å². The molecule has 0 bridgehead atoms. The molecule has 1 aliphatic heterocycles. The number of anilines is 1. The Morgan fingerprint density at radius 2 is 2.12 bits per heavy atom. The fourth-order valence-corrected chi connectivity index (χ4v) is 2.08. The van der Waals surface area contributed by atoms with E-state index in [4.69, 9.17) is 10.5 Å². The summed E-state index contributed by atoms with van der Waals surface area (Å²) in [6.07, 6.45) is 0. The highest BCUT2D eigenvalue weighted by atomic mass is 16.5. The van der Waals surface area contributed by atoms with E-state index in [1.54, 1.807) is 0 Å². The highest BCUT2D eigenvalue weighted by Crippen LogP contribution is 2.22. The lowest BCUT2D eigenvalue weighted by Gasteiger charge is -2.30. The van der Waals surface area contributed by atoms with Gasteiger partial charge in [0.05, 0.1) is 0 Å². The van der Waals surface area contributed by atoms with Gasteiger partial charge in [-0.1, -0.05) is 18.2 Å². The normalized spacial score (nSPS) is 23.1. The molecule has 2 N–H and O–H groups in total. The van der Waals surface area contributed by atoms with Crippen LogP contribution in [-0.4, -0.2) is 31.3 Å². The molecule has 0 aliphatic carbocycles. The summed E-state index contributed by atoms with van der Waals surface area (Å²) in [6, 6.07) is 10.6. The first kappa shape index (κ1) is 11.8. The predicted octanol–water partition coefficient (Wildman–Crippen LogP) is 1.62. The Balaban J connectivity index is 2.11. The van der Waals surface area contributed by atoms with Crippen molar-refractivity contribution in [2.45, 2.75) is 19.4 Å². The molecule has 4 nitrogen and oxygen atoms in total. The summed E-state index contributed by atoms with van der Waals surface area (Å²) in [5, 5.41) is 0. The lowest BCUT2D eigenvalue weighted by molar-refractivity contribution is 0.266. The lowest BCUT2D eigenvalue weighted by Crippen LogP contribution is -2.40. The molecule has 92 valence electrons. The standard InChI is InChI=1S/C13H19N3O/c1-3-16(11-7-5-4-6-8-11)9-13(2)10-17-12(14)15-13/h4-8H,3,9-10H2,1-2H3,(H2,14,15). The van der Waals surface area contributed by atoms with Gasteiger partial charge in [-0.2, -0.15) is 0 Å². The summed E-state index contributed by atoms with van der Waals surface area (Å²) < 4.78 is 5.25. The molecule has 1 heterocycles. The van der Waals surface area contributed by atoms with Crippen molar-refractivity contribution in [1.29, 1.82) is 0 Å². The average Bonchev–Trinajstić information content (AvgIpc) is 2.68. The van der Waals surface area contributed by atoms with E-state index in [1.807, 2.05) is 18.2 Å². The van der Waals surface area contributed by atoms with Crippen LogP contribution < -0.4 is 10.6 Å². The van der Waals surface area contributed by atoms with Crippen LogP contribution in [0.2, 0.25) is 0 Å². The molecule has 4 heteroatoms. The molecule has 0 radical (unpaired) electrons. The second-order valence-electron chi connectivity index (χ2n) is 4.59. The number of nitrogens with two attached hydrogens (primary N) is 1. The molecular weight excluding hydrogens is 214 g/mol. The number of hydrogen-bond acceptors (Lipinski definition) is 4. The van der Waals surface area contributed by atoms with Gasteiger partial charge in [-0.15, -0.1) is 0 Å². The van der Waals surface area contributed by atoms with Crippen molar-refractivity contribution in [2.75, 3.05) is 24.6 Å². The zero-order valence-electron chi connectivity index (χ0n) is 10.4. The van der Waals surface area contributed by atoms with Gasteiger partial charge in [0.15, 0.2) is 0 Å². The van der Waals surface area contributed by atoms with Gasteiger partial charge in [0.1, 0.15) is 12.1 Å². The fraction of sp³-hybridized carbons (Fsp3) is 0.462. The highest BCUT2D eigenvalue weighted by molar-refractivity contribution is 5.73. The number of para-hydroxylation sites is 1. The van der Waals surface area contributed by atoms with Crippen molar-refractivity contribution >= 4 is 11.7 Å². The molecule has 0 saturated heterocycles. The summed E-state index contributed by atoms with van der Waals surface area (Å²) in [5.41, 5.74) is 6.54. The average molecular weight is 233 g/mol. The second-order valence-corrected chi connectivity index (χ2v) is 4.59. The molecule has 0 fully saturated rings. The third-order valence-electron chi connectivity index (χ3n) is 2.95. The van der Waals surface area contributed by atoms with Gasteiger partial charge in [0.25, 0.3) is 6.02 Å². The van der Waals surface area contributed by atoms with E-state index in [0.29, 0.717) is 12.6 Å². The summed E-state index contributed by atoms with van der Waals surface area (Å²) in [7, 11) is 0. The zero-order valence-corrected chi connectivity index (χ0v) is 10.4. The van der Waals surface area contributed by atoms with Crippen molar-refractivity contribution in [2.24, 2.45) is 10.7 Å². The van der Waals surface area contributed by atoms with Crippen LogP contribution in [0.15, 0.2) is 35.3 Å². The third-order valence-corrected chi connectivity index (χ3v) is 2.95. The van der Waals surface area contributed by atoms with Crippen molar-refractivity contribution in [1.82, 2.24) is 0 Å². The maximum absolute atomic E-state index is 5.58. The summed E-state index contributed by atoms with van der Waals surface area (Å²) >= 11 is 0. The highest BCUT2D eigenvalue weighted by Gasteiger charge is 2.32. The first-order valence-electron chi connectivity index (χ1n) is 5.91. The Morgan fingerprint density at radius 3 is 2.65 bits per heavy atom. The lowest BCUT2D eigenvalue weighted by atomic mass is 10.0. The van der Waals surface area contributed by atoms with E-state index in [1.165, 1.54) is 5.69 Å². The second kappa shape index (κ2) is 4.65. The Kier molecular flexibility index (Phi) is 3.22. The number of nitrogens with zero attached hydrogens (tertiary/aromatic N) is 2. The van der Waals surface area contributed by atoms with E-state index >= 15 is 0 Å². The smallest absolute Gasteiger partial charge is 0.282 e. The molecule has 0 amide bonds. The number of rotatable bonds is 4. The molecule has 1 atom stereocenters. The van der Waals surface area contributed by atoms with Crippen LogP contribution >= 0.6 is 0 Å². The van der Waals surface area contributed by atoms with E-state index in [0.717, 1.165) is 13.1 Å². The van der Waals surface area contributed by atoms with Crippen molar-refractivity contribution in [3.63, 3.8) is 0 Å². The Labute approximate surface area is 102 Å². The van der Waals surface area contributed by atoms with Crippen LogP contribution in [0.1, 0.15) is 13.8 Å². The van der Waals surface area contributed by atoms with Gasteiger partial charge < -0.3 is 15.4 Å². The molecule has 1 aromatic carbocycles. The Morgan fingerprint density at radius 1 is 1.41 bits per heavy atom. The van der Waals surface area contributed by atoms with Crippen LogP contribution in [-0.2, 0) is 4.74 Å². The summed E-state index contributed by atoms with van der Waals surface area (Å²) in [5.74, 6) is 0. The topological polar surface area (TPSA) is 50.9 Å². The minimum atomic E-state index is -0.240. The van der Waals surface area contributed by atoms with Gasteiger partial charge in [0, 0.05) is 18.8 Å². The molecule has 0 saturated carbocycles. The van der Waals surface area contributed by atoms with E-state index in [9.17, 15) is 0 Å². The van der Waals surface area contributed by atoms with Crippen molar-refractivity contribution < 1.29 is 4.74 Å². The maximum atomic E-state index is 5.58. The van der Waals surface area contributed by atoms with Crippen LogP contribution in [0.4, 0.5) is 5.69 Å². The molecule has 0 aromatic heterocycles. The number of ether oxygens (including phenoxy) is 1. The summed E-state index contributed by atoms with van der Waals surface area (Å²) in [4.78, 5) is 6.65. The maximum Gasteiger partial charge on any atom is 0.282 e. The van der Waals surface area contributed by atoms with E-state index in [-0.39, 0.29) is 5.54 Å². The number of hydrogen-bond donors (Lipinski definition) is 1. The van der Waals surface area contributed by atoms with Crippen molar-refractivity contribution in [3.8, 4) is 0 Å². The summed E-state index contributed by atoms with van der Waals surface area (Å²) in [6.45, 7) is 6.52. The first-order valence-corrected chi connectivity index (χ1v) is 5.91. The predicted molar refractivity (Wildman–Crippen MR) is 70.3 cm³/mol. The quantitative estimate of drug-likeness (QED) is 0.859. The van der Waals surface area contributed by atoms with Crippen LogP contribution in [0, 0.1) is 0 Å². The molecular formula is C13H19N3O. The molecule has 1 aliphatic rings. The third kappa shape index (κ3) is 2.70. The number of likely N-dealkylation sites (N-methyl/N-ethyl adjacent to an activating group) is 1. The van der Waals surface area contributed by atoms with Crippen LogP contribution in [0.25, 0.3) is 0 Å². The molecule has 17 heavy (non-hydrogen) atoms. The van der Waals surface area contributed by atoms with Crippen LogP contribution in [0.5, 0.6) is 0 Å². The molecule has 2 rings (SSSR count). The molecule has 1 unspecified atom stereocenters. The van der Waals surface area contributed by atoms with E-state index in [2.05, 4.69) is 35.9 Å². The minimum Gasteiger partial charge on any atom is -0.463 e. The first-order chi connectivity index (χ1) is 8.13. The van der Waals surface area contributed by atoms with Crippen LogP contribution in [0.3, 0.4) is 0 Å². The van der Waals surface area contributed by atoms with Gasteiger partial charge in [-0.25, -0.2) is 4.99 Å². The van der Waals surface area contributed by atoms with Gasteiger partial charge in [-0.3, -0.25) is 0 Å². The zero-order chi connectivity index (χ0) is 12.3. The molecule has 1 aromatic rings. The van der Waals surface area contributed by atoms with Gasteiger partial charge >= 0.3 is 0 Å². The number of benzene rings is 1. The Bertz CT molecular complexity index is 404. The molecule has 0 spiro atoms. The number of amidine groups is 1. The fourth-order valence-electron chi connectivity index (χ4n) is 2.08. The number of aliphatic imine (C=N–C) groups is 1. The minimum absolute atomic E-state index is 0.240. The monoisotopic (exact) mass is 233 g/mol. The largest absolute Gasteiger partial charge is 0.463 e. The van der Waals surface area contributed by atoms with Gasteiger partial charge in [0.2, 0.25) is 0 Å².